The van der Waals surface area contributed by atoms with Gasteiger partial charge in [-0.1, -0.05) is 13.0 Å². The Bertz CT molecular complexity index is 619. The van der Waals surface area contributed by atoms with Crippen LogP contribution in [0.3, 0.4) is 0 Å². The zero-order chi connectivity index (χ0) is 20.1. The molecular weight excluding hydrogens is 370 g/mol. The van der Waals surface area contributed by atoms with Crippen molar-refractivity contribution in [2.45, 2.75) is 70.0 Å². The molecule has 1 aliphatic carbocycles. The predicted molar refractivity (Wildman–Crippen MR) is 102 cm³/mol. The molecule has 0 spiro atoms. The summed E-state index contributed by atoms with van der Waals surface area (Å²) < 4.78 is 58.7. The van der Waals surface area contributed by atoms with E-state index in [9.17, 15) is 17.6 Å². The molecule has 1 aliphatic heterocycles. The molecular formula is C22H31F4NO. The lowest BCUT2D eigenvalue weighted by molar-refractivity contribution is -0.138. The first-order chi connectivity index (χ1) is 13.4. The summed E-state index contributed by atoms with van der Waals surface area (Å²) >= 11 is 0. The quantitative estimate of drug-likeness (QED) is 0.541. The van der Waals surface area contributed by atoms with E-state index in [1.807, 2.05) is 0 Å². The topological polar surface area (TPSA) is 12.5 Å². The molecule has 2 fully saturated rings. The molecule has 0 radical (unpaired) electrons. The van der Waals surface area contributed by atoms with E-state index in [4.69, 9.17) is 4.74 Å². The van der Waals surface area contributed by atoms with E-state index in [1.54, 1.807) is 0 Å². The first-order valence-electron chi connectivity index (χ1n) is 10.6. The lowest BCUT2D eigenvalue weighted by Crippen LogP contribution is -2.40. The highest BCUT2D eigenvalue weighted by Crippen LogP contribution is 2.42. The lowest BCUT2D eigenvalue weighted by atomic mass is 9.76. The summed E-state index contributed by atoms with van der Waals surface area (Å²) in [6, 6.07) is 3.74. The fourth-order valence-corrected chi connectivity index (χ4v) is 4.89. The van der Waals surface area contributed by atoms with Gasteiger partial charge in [0.15, 0.2) is 0 Å². The minimum atomic E-state index is -4.50. The maximum atomic E-state index is 13.4. The van der Waals surface area contributed by atoms with Crippen LogP contribution in [-0.4, -0.2) is 37.2 Å². The van der Waals surface area contributed by atoms with Gasteiger partial charge in [-0.25, -0.2) is 4.39 Å². The van der Waals surface area contributed by atoms with Gasteiger partial charge in [0.25, 0.3) is 0 Å². The summed E-state index contributed by atoms with van der Waals surface area (Å²) in [4.78, 5) is 2.54. The second kappa shape index (κ2) is 9.57. The van der Waals surface area contributed by atoms with Crippen LogP contribution in [-0.2, 0) is 10.9 Å². The monoisotopic (exact) mass is 401 g/mol. The number of benzene rings is 1. The van der Waals surface area contributed by atoms with E-state index in [0.717, 1.165) is 77.3 Å². The van der Waals surface area contributed by atoms with Gasteiger partial charge in [0, 0.05) is 19.3 Å². The maximum absolute atomic E-state index is 13.4. The highest BCUT2D eigenvalue weighted by Gasteiger charge is 2.36. The molecule has 1 heterocycles. The summed E-state index contributed by atoms with van der Waals surface area (Å²) in [6.07, 6.45) is 2.19. The summed E-state index contributed by atoms with van der Waals surface area (Å²) in [5.41, 5.74) is -0.530. The Kier molecular flexibility index (Phi) is 7.37. The van der Waals surface area contributed by atoms with Gasteiger partial charge in [0.1, 0.15) is 5.82 Å². The second-order valence-electron chi connectivity index (χ2n) is 8.21. The van der Waals surface area contributed by atoms with Crippen molar-refractivity contribution in [3.63, 3.8) is 0 Å². The Balaban J connectivity index is 1.53. The number of nitrogens with zero attached hydrogens (tertiary/aromatic N) is 1. The van der Waals surface area contributed by atoms with Gasteiger partial charge >= 0.3 is 6.18 Å². The average Bonchev–Trinajstić information content (AvgIpc) is 2.69. The summed E-state index contributed by atoms with van der Waals surface area (Å²) in [7, 11) is 0. The molecule has 1 saturated heterocycles. The van der Waals surface area contributed by atoms with E-state index < -0.39 is 17.6 Å². The molecule has 0 unspecified atom stereocenters. The molecule has 0 amide bonds. The smallest absolute Gasteiger partial charge is 0.381 e. The van der Waals surface area contributed by atoms with Crippen molar-refractivity contribution in [2.75, 3.05) is 26.3 Å². The summed E-state index contributed by atoms with van der Waals surface area (Å²) in [5.74, 6) is -0.372. The van der Waals surface area contributed by atoms with Crippen molar-refractivity contribution >= 4 is 0 Å². The van der Waals surface area contributed by atoms with Crippen LogP contribution >= 0.6 is 0 Å². The van der Waals surface area contributed by atoms with Crippen LogP contribution in [0.1, 0.15) is 68.9 Å². The summed E-state index contributed by atoms with van der Waals surface area (Å²) in [6.45, 7) is 5.96. The molecule has 1 aromatic carbocycles. The van der Waals surface area contributed by atoms with Crippen LogP contribution in [0.25, 0.3) is 0 Å². The molecule has 3 rings (SSSR count). The molecule has 0 atom stereocenters. The third-order valence-corrected chi connectivity index (χ3v) is 6.55. The predicted octanol–water partition coefficient (Wildman–Crippen LogP) is 6.01. The van der Waals surface area contributed by atoms with Gasteiger partial charge in [0.05, 0.1) is 5.56 Å². The number of halogens is 4. The number of hydrogen-bond donors (Lipinski definition) is 0. The Morgan fingerprint density at radius 1 is 1.04 bits per heavy atom. The molecule has 158 valence electrons. The lowest BCUT2D eigenvalue weighted by Gasteiger charge is -2.36. The first-order valence-corrected chi connectivity index (χ1v) is 10.6. The fraction of sp³-hybridized carbons (Fsp3) is 0.727. The molecule has 2 nitrogen and oxygen atoms in total. The van der Waals surface area contributed by atoms with Crippen molar-refractivity contribution in [1.82, 2.24) is 4.90 Å². The van der Waals surface area contributed by atoms with Crippen LogP contribution in [0.2, 0.25) is 0 Å². The fourth-order valence-electron chi connectivity index (χ4n) is 4.89. The third-order valence-electron chi connectivity index (χ3n) is 6.55. The average molecular weight is 401 g/mol. The minimum absolute atomic E-state index is 0.119. The number of hydrogen-bond acceptors (Lipinski definition) is 2. The number of rotatable bonds is 6. The second-order valence-corrected chi connectivity index (χ2v) is 8.21. The highest BCUT2D eigenvalue weighted by atomic mass is 19.4. The van der Waals surface area contributed by atoms with Crippen molar-refractivity contribution in [1.29, 1.82) is 0 Å². The normalized spacial score (nSPS) is 24.6. The van der Waals surface area contributed by atoms with Crippen LogP contribution in [0.5, 0.6) is 0 Å². The molecule has 6 heteroatoms. The summed E-state index contributed by atoms with van der Waals surface area (Å²) in [5, 5.41) is 0. The van der Waals surface area contributed by atoms with Gasteiger partial charge in [-0.2, -0.15) is 13.2 Å². The largest absolute Gasteiger partial charge is 0.416 e. The van der Waals surface area contributed by atoms with Crippen molar-refractivity contribution in [3.05, 3.63) is 35.1 Å². The Hall–Kier alpha value is -1.14. The van der Waals surface area contributed by atoms with Gasteiger partial charge in [-0.3, -0.25) is 0 Å². The van der Waals surface area contributed by atoms with E-state index in [0.29, 0.717) is 18.0 Å². The minimum Gasteiger partial charge on any atom is -0.381 e. The van der Waals surface area contributed by atoms with Gasteiger partial charge in [-0.15, -0.1) is 0 Å². The highest BCUT2D eigenvalue weighted by molar-refractivity contribution is 5.33. The van der Waals surface area contributed by atoms with E-state index in [2.05, 4.69) is 11.8 Å². The number of ether oxygens (including phenoxy) is 1. The molecule has 1 aromatic rings. The zero-order valence-electron chi connectivity index (χ0n) is 16.6. The molecule has 1 saturated carbocycles. The number of alkyl halides is 3. The van der Waals surface area contributed by atoms with E-state index in [1.165, 1.54) is 6.07 Å². The molecule has 0 bridgehead atoms. The zero-order valence-corrected chi connectivity index (χ0v) is 16.6. The van der Waals surface area contributed by atoms with E-state index in [-0.39, 0.29) is 11.5 Å². The maximum Gasteiger partial charge on any atom is 0.416 e. The van der Waals surface area contributed by atoms with Crippen LogP contribution < -0.4 is 0 Å². The van der Waals surface area contributed by atoms with Crippen LogP contribution in [0.4, 0.5) is 17.6 Å². The SMILES string of the molecule is CCN(CCC1CCC(c2ccc(F)cc2C(F)(F)F)CC1)C1CCOCC1. The Morgan fingerprint density at radius 3 is 2.32 bits per heavy atom. The molecule has 2 aliphatic rings. The van der Waals surface area contributed by atoms with Gasteiger partial charge in [0.2, 0.25) is 0 Å². The Labute approximate surface area is 165 Å². The van der Waals surface area contributed by atoms with Crippen molar-refractivity contribution in [2.24, 2.45) is 5.92 Å². The molecule has 0 aromatic heterocycles. The van der Waals surface area contributed by atoms with Crippen molar-refractivity contribution in [3.8, 4) is 0 Å². The van der Waals surface area contributed by atoms with Gasteiger partial charge in [-0.05, 0) is 87.6 Å². The standard InChI is InChI=1S/C22H31F4NO/c1-2-27(19-10-13-28-14-11-19)12-9-16-3-5-17(6-4-16)20-8-7-18(23)15-21(20)22(24,25)26/h7-8,15-17,19H,2-6,9-14H2,1H3. The van der Waals surface area contributed by atoms with Gasteiger partial charge < -0.3 is 9.64 Å². The molecule has 28 heavy (non-hydrogen) atoms. The van der Waals surface area contributed by atoms with Crippen molar-refractivity contribution < 1.29 is 22.3 Å². The first kappa shape index (κ1) is 21.6. The molecule has 0 N–H and O–H groups in total. The third kappa shape index (κ3) is 5.47. The Morgan fingerprint density at radius 2 is 1.71 bits per heavy atom. The van der Waals surface area contributed by atoms with Crippen LogP contribution in [0.15, 0.2) is 18.2 Å². The van der Waals surface area contributed by atoms with E-state index >= 15 is 0 Å². The van der Waals surface area contributed by atoms with Crippen LogP contribution in [0, 0.1) is 11.7 Å².